The van der Waals surface area contributed by atoms with Crippen molar-refractivity contribution in [3.63, 3.8) is 0 Å². The van der Waals surface area contributed by atoms with Gasteiger partial charge in [0.15, 0.2) is 0 Å². The molecule has 3 aliphatic rings. The fourth-order valence-electron chi connectivity index (χ4n) is 13.8. The molecule has 0 bridgehead atoms. The van der Waals surface area contributed by atoms with E-state index in [1.807, 2.05) is 0 Å². The molecule has 420 valence electrons. The lowest BCUT2D eigenvalue weighted by Crippen LogP contribution is -2.36. The van der Waals surface area contributed by atoms with Gasteiger partial charge < -0.3 is 19.6 Å². The van der Waals surface area contributed by atoms with Crippen LogP contribution in [0.25, 0.3) is 22.3 Å². The van der Waals surface area contributed by atoms with Gasteiger partial charge in [-0.3, -0.25) is 0 Å². The first-order valence-electron chi connectivity index (χ1n) is 30.4. The third-order valence-corrected chi connectivity index (χ3v) is 18.2. The zero-order valence-electron chi connectivity index (χ0n) is 50.8. The van der Waals surface area contributed by atoms with Crippen LogP contribution in [0.1, 0.15) is 75.0 Å². The largest absolute Gasteiger partial charge is 0.334 e. The molecule has 11 aromatic rings. The van der Waals surface area contributed by atoms with Crippen LogP contribution >= 0.6 is 0 Å². The molecular formula is C82H72N4. The van der Waals surface area contributed by atoms with Gasteiger partial charge in [-0.1, -0.05) is 179 Å². The normalized spacial score (nSPS) is 14.9. The van der Waals surface area contributed by atoms with Crippen LogP contribution in [0.3, 0.4) is 0 Å². The van der Waals surface area contributed by atoms with Gasteiger partial charge in [-0.25, -0.2) is 0 Å². The molecule has 1 spiro atoms. The second-order valence-electron chi connectivity index (χ2n) is 24.5. The topological polar surface area (TPSA) is 13.0 Å². The Balaban J connectivity index is 1.10. The fraction of sp³-hybridized carbons (Fsp3) is 0.146. The van der Waals surface area contributed by atoms with E-state index in [1.54, 1.807) is 0 Å². The quantitative estimate of drug-likeness (QED) is 0.121. The van der Waals surface area contributed by atoms with Gasteiger partial charge in [0, 0.05) is 62.6 Å². The van der Waals surface area contributed by atoms with Gasteiger partial charge in [-0.15, -0.1) is 0 Å². The molecule has 14 rings (SSSR count). The van der Waals surface area contributed by atoms with Crippen LogP contribution in [0.15, 0.2) is 266 Å². The van der Waals surface area contributed by atoms with E-state index in [0.717, 1.165) is 56.9 Å². The van der Waals surface area contributed by atoms with E-state index in [4.69, 9.17) is 0 Å². The van der Waals surface area contributed by atoms with Crippen molar-refractivity contribution in [2.24, 2.45) is 5.92 Å². The smallest absolute Gasteiger partial charge is 0.0728 e. The molecule has 0 radical (unpaired) electrons. The first kappa shape index (κ1) is 54.1. The lowest BCUT2D eigenvalue weighted by molar-refractivity contribution is 0.605. The van der Waals surface area contributed by atoms with Crippen LogP contribution in [0.5, 0.6) is 0 Å². The molecule has 4 nitrogen and oxygen atoms in total. The van der Waals surface area contributed by atoms with Crippen molar-refractivity contribution in [3.8, 4) is 22.3 Å². The van der Waals surface area contributed by atoms with Gasteiger partial charge in [0.05, 0.1) is 11.5 Å². The molecule has 3 aliphatic carbocycles. The average Bonchev–Trinajstić information content (AvgIpc) is 1.51. The summed E-state index contributed by atoms with van der Waals surface area (Å²) in [6, 6.07) is 92.6. The maximum Gasteiger partial charge on any atom is 0.0728 e. The first-order valence-corrected chi connectivity index (χ1v) is 30.4. The minimum absolute atomic E-state index is 0.0693. The number of nitrogens with zero attached hydrogens (tertiary/aromatic N) is 4. The van der Waals surface area contributed by atoms with E-state index >= 15 is 0 Å². The van der Waals surface area contributed by atoms with Crippen molar-refractivity contribution in [2.75, 3.05) is 19.6 Å². The summed E-state index contributed by atoms with van der Waals surface area (Å²) in [5.41, 5.74) is 31.2. The van der Waals surface area contributed by atoms with Crippen molar-refractivity contribution in [1.82, 2.24) is 0 Å². The predicted molar refractivity (Wildman–Crippen MR) is 364 cm³/mol. The van der Waals surface area contributed by atoms with E-state index in [1.165, 1.54) is 94.7 Å². The van der Waals surface area contributed by atoms with Gasteiger partial charge in [-0.2, -0.15) is 0 Å². The summed E-state index contributed by atoms with van der Waals surface area (Å²) in [4.78, 5) is 9.94. The molecule has 0 heterocycles. The van der Waals surface area contributed by atoms with E-state index in [2.05, 4.69) is 343 Å². The molecule has 2 atom stereocenters. The molecule has 4 heteroatoms. The molecule has 2 unspecified atom stereocenters. The van der Waals surface area contributed by atoms with Gasteiger partial charge >= 0.3 is 0 Å². The van der Waals surface area contributed by atoms with E-state index < -0.39 is 5.41 Å². The fourth-order valence-corrected chi connectivity index (χ4v) is 13.8. The van der Waals surface area contributed by atoms with Crippen LogP contribution < -0.4 is 19.6 Å². The number of hydrogen-bond donors (Lipinski definition) is 0. The molecule has 0 saturated heterocycles. The van der Waals surface area contributed by atoms with Crippen LogP contribution in [0.4, 0.5) is 62.6 Å². The highest BCUT2D eigenvalue weighted by Crippen LogP contribution is 2.65. The van der Waals surface area contributed by atoms with Crippen molar-refractivity contribution < 1.29 is 0 Å². The number of fused-ring (bicyclic) bond motifs is 10. The lowest BCUT2D eigenvalue weighted by atomic mass is 9.70. The minimum atomic E-state index is -0.832. The Morgan fingerprint density at radius 3 is 0.767 bits per heavy atom. The Morgan fingerprint density at radius 1 is 0.267 bits per heavy atom. The van der Waals surface area contributed by atoms with Crippen molar-refractivity contribution in [2.45, 2.75) is 73.8 Å². The second-order valence-corrected chi connectivity index (χ2v) is 24.5. The molecule has 0 saturated carbocycles. The maximum absolute atomic E-state index is 2.60. The molecule has 0 fully saturated rings. The number of allylic oxidation sites excluding steroid dienone is 2. The number of anilines is 11. The lowest BCUT2D eigenvalue weighted by Gasteiger charge is -2.38. The van der Waals surface area contributed by atoms with Gasteiger partial charge in [0.1, 0.15) is 0 Å². The van der Waals surface area contributed by atoms with Crippen LogP contribution in [0, 0.1) is 54.4 Å². The van der Waals surface area contributed by atoms with Crippen LogP contribution in [-0.4, -0.2) is 6.04 Å². The molecule has 86 heavy (non-hydrogen) atoms. The van der Waals surface area contributed by atoms with Gasteiger partial charge in [0.2, 0.25) is 0 Å². The number of aryl methyl sites for hydroxylation is 7. The molecular weight excluding hydrogens is 1040 g/mol. The Bertz CT molecular complexity index is 3990. The SMILES string of the molecule is CC1=CC(C)C(N(c2ccc(C)cc2)c2ccc3c(c2)C2(c4cc(N(c5ccc(C)cc5)c5ccc(C)cc5)ccc4-c4ccc(N(c5ccc(C)cc5)c5ccc(C)cc5)cc42)c2cc(N(c4ccc(C)cc4)c4ccc(C)cc4)ccc2-3)C=C1. The molecule has 0 amide bonds. The summed E-state index contributed by atoms with van der Waals surface area (Å²) >= 11 is 0. The number of rotatable bonds is 12. The van der Waals surface area contributed by atoms with Gasteiger partial charge in [0.25, 0.3) is 0 Å². The van der Waals surface area contributed by atoms with Crippen molar-refractivity contribution in [1.29, 1.82) is 0 Å². The highest BCUT2D eigenvalue weighted by molar-refractivity contribution is 5.99. The number of benzene rings is 11. The molecule has 0 aromatic heterocycles. The minimum Gasteiger partial charge on any atom is -0.334 e. The Hall–Kier alpha value is -9.90. The second kappa shape index (κ2) is 21.6. The summed E-state index contributed by atoms with van der Waals surface area (Å²) in [5.74, 6) is 0.250. The zero-order chi connectivity index (χ0) is 59.0. The van der Waals surface area contributed by atoms with E-state index in [9.17, 15) is 0 Å². The first-order chi connectivity index (χ1) is 41.8. The third-order valence-electron chi connectivity index (χ3n) is 18.2. The monoisotopic (exact) mass is 1110 g/mol. The Morgan fingerprint density at radius 2 is 0.500 bits per heavy atom. The molecule has 0 N–H and O–H groups in total. The highest BCUT2D eigenvalue weighted by atomic mass is 15.2. The van der Waals surface area contributed by atoms with Crippen LogP contribution in [0.2, 0.25) is 0 Å². The third kappa shape index (κ3) is 9.41. The van der Waals surface area contributed by atoms with Crippen molar-refractivity contribution in [3.05, 3.63) is 328 Å². The highest BCUT2D eigenvalue weighted by Gasteiger charge is 2.53. The predicted octanol–water partition coefficient (Wildman–Crippen LogP) is 22.3. The summed E-state index contributed by atoms with van der Waals surface area (Å²) in [5, 5.41) is 0. The maximum atomic E-state index is 2.60. The molecule has 0 aliphatic heterocycles. The standard InChI is InChI=1S/C82H72N4/c1-53-10-25-62(26-11-53)83(63-27-12-54(2)13-28-63)69-39-43-73-74-44-40-70(84(64-29-14-55(3)15-30-64)65-31-16-56(4)17-32-65)50-78(74)82(77(73)49-69)79-51-71(85(66-33-18-57(5)19-34-66)67-35-20-58(6)21-36-67)41-45-75(79)76-46-42-72(52-80(76)82)86(68-37-22-59(7)23-38-68)81-47-24-60(8)48-61(81)9/h10-52,61,81H,1-9H3. The van der Waals surface area contributed by atoms with E-state index in [0.29, 0.717) is 0 Å². The summed E-state index contributed by atoms with van der Waals surface area (Å²) in [6.45, 7) is 19.8. The summed E-state index contributed by atoms with van der Waals surface area (Å²) in [7, 11) is 0. The Labute approximate surface area is 508 Å². The molecule has 11 aromatic carbocycles. The van der Waals surface area contributed by atoms with Gasteiger partial charge in [-0.05, 0) is 239 Å². The van der Waals surface area contributed by atoms with Crippen LogP contribution in [-0.2, 0) is 5.41 Å². The van der Waals surface area contributed by atoms with Crippen molar-refractivity contribution >= 4 is 62.6 Å². The zero-order valence-corrected chi connectivity index (χ0v) is 50.8. The number of hydrogen-bond acceptors (Lipinski definition) is 4. The van der Waals surface area contributed by atoms with E-state index in [-0.39, 0.29) is 12.0 Å². The average molecular weight is 1110 g/mol. The summed E-state index contributed by atoms with van der Waals surface area (Å²) < 4.78 is 0. The Kier molecular flexibility index (Phi) is 13.6. The summed E-state index contributed by atoms with van der Waals surface area (Å²) in [6.07, 6.45) is 7.16.